The number of carbonyl (C=O) groups is 1. The third kappa shape index (κ3) is 2.70. The summed E-state index contributed by atoms with van der Waals surface area (Å²) in [6.07, 6.45) is 4.31. The quantitative estimate of drug-likeness (QED) is 0.723. The third-order valence-corrected chi connectivity index (χ3v) is 2.85. The average Bonchev–Trinajstić information content (AvgIpc) is 3.17. The highest BCUT2D eigenvalue weighted by Gasteiger charge is 2.09. The lowest BCUT2D eigenvalue weighted by molar-refractivity contribution is -0.268. The van der Waals surface area contributed by atoms with Gasteiger partial charge in [0.25, 0.3) is 0 Å². The van der Waals surface area contributed by atoms with Gasteiger partial charge in [-0.15, -0.1) is 10.2 Å². The van der Waals surface area contributed by atoms with Crippen molar-refractivity contribution in [3.63, 3.8) is 0 Å². The van der Waals surface area contributed by atoms with E-state index in [0.29, 0.717) is 17.1 Å². The van der Waals surface area contributed by atoms with E-state index in [1.807, 2.05) is 0 Å². The van der Waals surface area contributed by atoms with Crippen LogP contribution in [-0.2, 0) is 0 Å². The molecule has 8 nitrogen and oxygen atoms in total. The number of aromatic nitrogens is 3. The summed E-state index contributed by atoms with van der Waals surface area (Å²) in [5.41, 5.74) is 0.203. The van der Waals surface area contributed by atoms with Gasteiger partial charge in [-0.2, -0.15) is 5.10 Å². The maximum absolute atomic E-state index is 11.4. The molecule has 0 saturated heterocycles. The fourth-order valence-corrected chi connectivity index (χ4v) is 1.81. The molecule has 22 heavy (non-hydrogen) atoms. The highest BCUT2D eigenvalue weighted by molar-refractivity contribution is 5.92. The molecule has 8 heteroatoms. The van der Waals surface area contributed by atoms with Crippen molar-refractivity contribution in [3.8, 4) is 17.1 Å². The number of aromatic carboxylic acids is 1. The largest absolute Gasteiger partial charge is 0.872 e. The summed E-state index contributed by atoms with van der Waals surface area (Å²) in [6, 6.07) is 7.33. The van der Waals surface area contributed by atoms with Gasteiger partial charge < -0.3 is 14.6 Å². The number of rotatable bonds is 4. The van der Waals surface area contributed by atoms with E-state index in [2.05, 4.69) is 15.3 Å². The van der Waals surface area contributed by atoms with Crippen LogP contribution in [0.15, 0.2) is 52.5 Å². The predicted molar refractivity (Wildman–Crippen MR) is 73.6 cm³/mol. The Bertz CT molecular complexity index is 836. The molecule has 0 saturated carbocycles. The minimum Gasteiger partial charge on any atom is -0.872 e. The third-order valence-electron chi connectivity index (χ3n) is 2.85. The Labute approximate surface area is 124 Å². The van der Waals surface area contributed by atoms with Crippen LogP contribution in [-0.4, -0.2) is 32.2 Å². The Morgan fingerprint density at radius 2 is 2.05 bits per heavy atom. The molecule has 0 aliphatic heterocycles. The second kappa shape index (κ2) is 5.52. The van der Waals surface area contributed by atoms with Crippen molar-refractivity contribution in [1.82, 2.24) is 14.9 Å². The van der Waals surface area contributed by atoms with Crippen LogP contribution in [0.5, 0.6) is 5.75 Å². The lowest BCUT2D eigenvalue weighted by Crippen LogP contribution is -2.03. The minimum atomic E-state index is -1.27. The van der Waals surface area contributed by atoms with Gasteiger partial charge in [0.2, 0.25) is 0 Å². The number of benzene rings is 1. The van der Waals surface area contributed by atoms with Gasteiger partial charge in [0.15, 0.2) is 0 Å². The molecule has 1 N–H and O–H groups in total. The van der Waals surface area contributed by atoms with Crippen LogP contribution < -0.4 is 5.11 Å². The molecule has 0 bridgehead atoms. The van der Waals surface area contributed by atoms with E-state index in [9.17, 15) is 9.90 Å². The topological polar surface area (TPSA) is 117 Å². The Hall–Kier alpha value is -3.42. The Morgan fingerprint density at radius 1 is 1.27 bits per heavy atom. The lowest BCUT2D eigenvalue weighted by Gasteiger charge is -2.10. The molecule has 3 aromatic rings. The molecule has 2 heterocycles. The molecule has 0 radical (unpaired) electrons. The zero-order chi connectivity index (χ0) is 15.5. The molecule has 0 amide bonds. The maximum Gasteiger partial charge on any atom is 0.335 e. The van der Waals surface area contributed by atoms with E-state index in [-0.39, 0.29) is 5.56 Å². The van der Waals surface area contributed by atoms with Crippen molar-refractivity contribution in [1.29, 1.82) is 0 Å². The van der Waals surface area contributed by atoms with Crippen LogP contribution in [0.2, 0.25) is 0 Å². The first-order chi connectivity index (χ1) is 10.6. The first kappa shape index (κ1) is 13.6. The van der Waals surface area contributed by atoms with Gasteiger partial charge in [0, 0.05) is 5.56 Å². The highest BCUT2D eigenvalue weighted by Crippen LogP contribution is 2.26. The van der Waals surface area contributed by atoms with Crippen LogP contribution >= 0.6 is 0 Å². The molecular weight excluding hydrogens is 288 g/mol. The summed E-state index contributed by atoms with van der Waals surface area (Å²) < 4.78 is 6.94. The number of hydrogen-bond donors (Lipinski definition) is 1. The monoisotopic (exact) mass is 297 g/mol. The summed E-state index contributed by atoms with van der Waals surface area (Å²) in [4.78, 5) is 11.0. The van der Waals surface area contributed by atoms with Crippen molar-refractivity contribution in [2.24, 2.45) is 5.10 Å². The van der Waals surface area contributed by atoms with E-state index in [0.717, 1.165) is 0 Å². The van der Waals surface area contributed by atoms with Crippen molar-refractivity contribution in [3.05, 3.63) is 54.3 Å². The first-order valence-electron chi connectivity index (χ1n) is 6.17. The highest BCUT2D eigenvalue weighted by atomic mass is 16.4. The Balaban J connectivity index is 1.87. The van der Waals surface area contributed by atoms with E-state index in [4.69, 9.17) is 9.52 Å². The van der Waals surface area contributed by atoms with Crippen LogP contribution in [0, 0.1) is 0 Å². The average molecular weight is 297 g/mol. The summed E-state index contributed by atoms with van der Waals surface area (Å²) in [7, 11) is 0. The zero-order valence-electron chi connectivity index (χ0n) is 11.1. The van der Waals surface area contributed by atoms with E-state index in [1.54, 1.807) is 12.1 Å². The van der Waals surface area contributed by atoms with E-state index < -0.39 is 11.7 Å². The van der Waals surface area contributed by atoms with Crippen molar-refractivity contribution in [2.75, 3.05) is 0 Å². The van der Waals surface area contributed by atoms with Gasteiger partial charge >= 0.3 is 5.97 Å². The van der Waals surface area contributed by atoms with E-state index >= 15 is 0 Å². The van der Waals surface area contributed by atoms with Crippen molar-refractivity contribution < 1.29 is 19.4 Å². The van der Waals surface area contributed by atoms with Crippen molar-refractivity contribution in [2.45, 2.75) is 0 Å². The molecule has 2 aromatic heterocycles. The summed E-state index contributed by atoms with van der Waals surface area (Å²) in [5, 5.41) is 31.6. The molecule has 3 rings (SSSR count). The van der Waals surface area contributed by atoms with Crippen LogP contribution in [0.1, 0.15) is 16.1 Å². The number of carboxylic acids is 1. The summed E-state index contributed by atoms with van der Waals surface area (Å²) >= 11 is 0. The predicted octanol–water partition coefficient (Wildman–Crippen LogP) is 1.19. The molecule has 1 aromatic carbocycles. The molecule has 0 aliphatic rings. The van der Waals surface area contributed by atoms with Crippen LogP contribution in [0.4, 0.5) is 0 Å². The number of nitrogens with zero attached hydrogens (tertiary/aromatic N) is 4. The van der Waals surface area contributed by atoms with Crippen LogP contribution in [0.25, 0.3) is 11.3 Å². The maximum atomic E-state index is 11.4. The second-order valence-corrected chi connectivity index (χ2v) is 4.30. The second-order valence-electron chi connectivity index (χ2n) is 4.30. The molecule has 0 atom stereocenters. The SMILES string of the molecule is O=C(O)c1cc(-c2ccc(C=Nn3cnnc3)o2)ccc1[O-]. The van der Waals surface area contributed by atoms with Gasteiger partial charge in [0.05, 0.1) is 11.8 Å². The fourth-order valence-electron chi connectivity index (χ4n) is 1.81. The van der Waals surface area contributed by atoms with Gasteiger partial charge in [0.1, 0.15) is 24.2 Å². The molecule has 110 valence electrons. The lowest BCUT2D eigenvalue weighted by atomic mass is 10.1. The fraction of sp³-hybridized carbons (Fsp3) is 0. The van der Waals surface area contributed by atoms with Gasteiger partial charge in [-0.1, -0.05) is 17.9 Å². The number of furan rings is 1. The van der Waals surface area contributed by atoms with Crippen LogP contribution in [0.3, 0.4) is 0 Å². The van der Waals surface area contributed by atoms with Gasteiger partial charge in [-0.05, 0) is 18.2 Å². The standard InChI is InChI=1S/C14H10N4O4/c19-12-3-1-9(5-11(12)14(20)21)13-4-2-10(22-13)6-17-18-7-15-16-8-18/h1-8,19H,(H,20,21)/p-1. The minimum absolute atomic E-state index is 0.298. The number of carboxylic acid groups (broad SMARTS) is 1. The molecular formula is C14H9N4O4-. The number of hydrogen-bond acceptors (Lipinski definition) is 6. The normalized spacial score (nSPS) is 11.1. The summed E-state index contributed by atoms with van der Waals surface area (Å²) in [5.74, 6) is -0.913. The summed E-state index contributed by atoms with van der Waals surface area (Å²) in [6.45, 7) is 0. The van der Waals surface area contributed by atoms with Gasteiger partial charge in [-0.25, -0.2) is 9.47 Å². The van der Waals surface area contributed by atoms with Gasteiger partial charge in [-0.3, -0.25) is 0 Å². The molecule has 0 unspecified atom stereocenters. The molecule has 0 fully saturated rings. The smallest absolute Gasteiger partial charge is 0.335 e. The molecule has 0 aliphatic carbocycles. The Kier molecular flexibility index (Phi) is 3.40. The van der Waals surface area contributed by atoms with Crippen molar-refractivity contribution >= 4 is 12.2 Å². The Morgan fingerprint density at radius 3 is 2.77 bits per heavy atom. The first-order valence-corrected chi connectivity index (χ1v) is 6.17. The van der Waals surface area contributed by atoms with E-state index in [1.165, 1.54) is 41.7 Å². The zero-order valence-corrected chi connectivity index (χ0v) is 11.1. The molecule has 0 spiro atoms.